The van der Waals surface area contributed by atoms with E-state index in [1.54, 1.807) is 0 Å². The van der Waals surface area contributed by atoms with Crippen molar-refractivity contribution < 1.29 is 4.79 Å². The molecule has 22 heavy (non-hydrogen) atoms. The number of amides is 1. The van der Waals surface area contributed by atoms with Crippen LogP contribution in [-0.4, -0.2) is 23.9 Å². The number of benzene rings is 2. The topological polar surface area (TPSA) is 46.3 Å². The summed E-state index contributed by atoms with van der Waals surface area (Å²) in [6.45, 7) is 1.84. The summed E-state index contributed by atoms with van der Waals surface area (Å²) in [7, 11) is 0. The summed E-state index contributed by atoms with van der Waals surface area (Å²) in [4.78, 5) is 14.2. The number of nitrogens with two attached hydrogens (primary N) is 1. The minimum Gasteiger partial charge on any atom is -0.337 e. The maximum atomic E-state index is 12.2. The number of rotatable bonds is 3. The standard InChI is InChI=1S/C18H20N2O.ClH/c19-11-10-18(21)20-12-15-8-4-5-9-16(15)17(13-20)14-6-2-1-3-7-14;/h1-9,17H,10-13,19H2;1H. The van der Waals surface area contributed by atoms with E-state index in [1.165, 1.54) is 16.7 Å². The molecule has 0 saturated heterocycles. The quantitative estimate of drug-likeness (QED) is 0.946. The zero-order valence-electron chi connectivity index (χ0n) is 12.4. The SMILES string of the molecule is Cl.NCCC(=O)N1Cc2ccccc2C(c2ccccc2)C1. The number of fused-ring (bicyclic) bond motifs is 1. The Kier molecular flexibility index (Phi) is 5.58. The van der Waals surface area contributed by atoms with Gasteiger partial charge in [0.2, 0.25) is 5.91 Å². The number of carbonyl (C=O) groups is 1. The first-order valence-corrected chi connectivity index (χ1v) is 7.40. The van der Waals surface area contributed by atoms with Gasteiger partial charge in [-0.15, -0.1) is 12.4 Å². The highest BCUT2D eigenvalue weighted by molar-refractivity contribution is 5.85. The van der Waals surface area contributed by atoms with Crippen LogP contribution in [0.4, 0.5) is 0 Å². The van der Waals surface area contributed by atoms with E-state index in [9.17, 15) is 4.79 Å². The Hall–Kier alpha value is -1.84. The number of nitrogens with zero attached hydrogens (tertiary/aromatic N) is 1. The van der Waals surface area contributed by atoms with Crippen LogP contribution in [-0.2, 0) is 11.3 Å². The van der Waals surface area contributed by atoms with E-state index in [-0.39, 0.29) is 24.2 Å². The van der Waals surface area contributed by atoms with Crippen LogP contribution in [0, 0.1) is 0 Å². The smallest absolute Gasteiger partial charge is 0.224 e. The highest BCUT2D eigenvalue weighted by Gasteiger charge is 2.28. The monoisotopic (exact) mass is 316 g/mol. The second-order valence-corrected chi connectivity index (χ2v) is 5.48. The van der Waals surface area contributed by atoms with E-state index < -0.39 is 0 Å². The Morgan fingerprint density at radius 1 is 1.09 bits per heavy atom. The molecule has 0 radical (unpaired) electrons. The molecule has 2 aromatic rings. The lowest BCUT2D eigenvalue weighted by molar-refractivity contribution is -0.132. The third kappa shape index (κ3) is 3.32. The fourth-order valence-corrected chi connectivity index (χ4v) is 3.05. The lowest BCUT2D eigenvalue weighted by atomic mass is 9.84. The summed E-state index contributed by atoms with van der Waals surface area (Å²) in [5.74, 6) is 0.394. The molecule has 4 heteroatoms. The van der Waals surface area contributed by atoms with Crippen LogP contribution in [0.2, 0.25) is 0 Å². The molecule has 3 rings (SSSR count). The molecule has 2 N–H and O–H groups in total. The lowest BCUT2D eigenvalue weighted by Crippen LogP contribution is -2.39. The third-order valence-corrected chi connectivity index (χ3v) is 4.11. The highest BCUT2D eigenvalue weighted by atomic mass is 35.5. The predicted molar refractivity (Wildman–Crippen MR) is 91.1 cm³/mol. The Morgan fingerprint density at radius 2 is 1.77 bits per heavy atom. The number of hydrogen-bond acceptors (Lipinski definition) is 2. The molecule has 0 saturated carbocycles. The zero-order chi connectivity index (χ0) is 14.7. The molecule has 0 spiro atoms. The van der Waals surface area contributed by atoms with Gasteiger partial charge < -0.3 is 10.6 Å². The van der Waals surface area contributed by atoms with Gasteiger partial charge in [0, 0.05) is 32.0 Å². The summed E-state index contributed by atoms with van der Waals surface area (Å²) in [6, 6.07) is 18.8. The van der Waals surface area contributed by atoms with Gasteiger partial charge in [-0.05, 0) is 16.7 Å². The van der Waals surface area contributed by atoms with Crippen LogP contribution in [0.3, 0.4) is 0 Å². The van der Waals surface area contributed by atoms with Crippen LogP contribution in [0.1, 0.15) is 29.0 Å². The van der Waals surface area contributed by atoms with Gasteiger partial charge in [-0.2, -0.15) is 0 Å². The predicted octanol–water partition coefficient (Wildman–Crippen LogP) is 2.93. The van der Waals surface area contributed by atoms with Gasteiger partial charge in [0.05, 0.1) is 0 Å². The van der Waals surface area contributed by atoms with E-state index in [4.69, 9.17) is 5.73 Å². The highest BCUT2D eigenvalue weighted by Crippen LogP contribution is 2.33. The molecule has 0 aromatic heterocycles. The van der Waals surface area contributed by atoms with Crippen molar-refractivity contribution in [2.24, 2.45) is 5.73 Å². The largest absolute Gasteiger partial charge is 0.337 e. The van der Waals surface area contributed by atoms with Crippen molar-refractivity contribution in [2.75, 3.05) is 13.1 Å². The summed E-state index contributed by atoms with van der Waals surface area (Å²) in [6.07, 6.45) is 0.420. The minimum atomic E-state index is 0. The van der Waals surface area contributed by atoms with E-state index in [0.717, 1.165) is 6.54 Å². The van der Waals surface area contributed by atoms with E-state index >= 15 is 0 Å². The maximum Gasteiger partial charge on any atom is 0.224 e. The maximum absolute atomic E-state index is 12.2. The van der Waals surface area contributed by atoms with Crippen molar-refractivity contribution in [3.05, 3.63) is 71.3 Å². The lowest BCUT2D eigenvalue weighted by Gasteiger charge is -2.35. The van der Waals surface area contributed by atoms with Crippen LogP contribution in [0.25, 0.3) is 0 Å². The molecule has 0 fully saturated rings. The molecular weight excluding hydrogens is 296 g/mol. The van der Waals surface area contributed by atoms with Crippen LogP contribution in [0.5, 0.6) is 0 Å². The summed E-state index contributed by atoms with van der Waals surface area (Å²) >= 11 is 0. The molecule has 2 aromatic carbocycles. The number of halogens is 1. The zero-order valence-corrected chi connectivity index (χ0v) is 13.3. The number of carbonyl (C=O) groups excluding carboxylic acids is 1. The average Bonchev–Trinajstić information content (AvgIpc) is 2.55. The third-order valence-electron chi connectivity index (χ3n) is 4.11. The molecule has 116 valence electrons. The molecule has 1 atom stereocenters. The van der Waals surface area contributed by atoms with Gasteiger partial charge in [0.1, 0.15) is 0 Å². The normalized spacial score (nSPS) is 16.6. The first-order valence-electron chi connectivity index (χ1n) is 7.40. The fraction of sp³-hybridized carbons (Fsp3) is 0.278. The van der Waals surface area contributed by atoms with Gasteiger partial charge >= 0.3 is 0 Å². The van der Waals surface area contributed by atoms with Gasteiger partial charge in [0.25, 0.3) is 0 Å². The van der Waals surface area contributed by atoms with Gasteiger partial charge in [-0.25, -0.2) is 0 Å². The van der Waals surface area contributed by atoms with E-state index in [0.29, 0.717) is 19.5 Å². The summed E-state index contributed by atoms with van der Waals surface area (Å²) < 4.78 is 0. The summed E-state index contributed by atoms with van der Waals surface area (Å²) in [5.41, 5.74) is 9.36. The first-order chi connectivity index (χ1) is 10.3. The van der Waals surface area contributed by atoms with Crippen molar-refractivity contribution in [1.29, 1.82) is 0 Å². The first kappa shape index (κ1) is 16.5. The van der Waals surface area contributed by atoms with Crippen molar-refractivity contribution in [3.63, 3.8) is 0 Å². The van der Waals surface area contributed by atoms with Gasteiger partial charge in [-0.3, -0.25) is 4.79 Å². The van der Waals surface area contributed by atoms with E-state index in [1.807, 2.05) is 17.0 Å². The van der Waals surface area contributed by atoms with Crippen molar-refractivity contribution in [2.45, 2.75) is 18.9 Å². The second-order valence-electron chi connectivity index (χ2n) is 5.48. The van der Waals surface area contributed by atoms with Gasteiger partial charge in [0.15, 0.2) is 0 Å². The molecule has 1 aliphatic rings. The second kappa shape index (κ2) is 7.43. The van der Waals surface area contributed by atoms with Crippen molar-refractivity contribution in [1.82, 2.24) is 4.90 Å². The van der Waals surface area contributed by atoms with Crippen molar-refractivity contribution >= 4 is 18.3 Å². The summed E-state index contributed by atoms with van der Waals surface area (Å²) in [5, 5.41) is 0. The minimum absolute atomic E-state index is 0. The van der Waals surface area contributed by atoms with Crippen LogP contribution < -0.4 is 5.73 Å². The Morgan fingerprint density at radius 3 is 2.50 bits per heavy atom. The Balaban J connectivity index is 0.00000176. The average molecular weight is 317 g/mol. The molecule has 0 bridgehead atoms. The Labute approximate surface area is 137 Å². The molecule has 1 amide bonds. The molecule has 1 heterocycles. The molecule has 0 aliphatic carbocycles. The molecular formula is C18H21ClN2O. The fourth-order valence-electron chi connectivity index (χ4n) is 3.05. The Bertz CT molecular complexity index is 630. The molecule has 1 aliphatic heterocycles. The van der Waals surface area contributed by atoms with Crippen LogP contribution in [0.15, 0.2) is 54.6 Å². The van der Waals surface area contributed by atoms with Crippen molar-refractivity contribution in [3.8, 4) is 0 Å². The molecule has 3 nitrogen and oxygen atoms in total. The number of hydrogen-bond donors (Lipinski definition) is 1. The van der Waals surface area contributed by atoms with Crippen LogP contribution >= 0.6 is 12.4 Å². The van der Waals surface area contributed by atoms with E-state index in [2.05, 4.69) is 42.5 Å². The van der Waals surface area contributed by atoms with Gasteiger partial charge in [-0.1, -0.05) is 54.6 Å². The molecule has 1 unspecified atom stereocenters.